The molecule has 2 aromatic rings. The molecule has 0 saturated heterocycles. The van der Waals surface area contributed by atoms with E-state index in [-0.39, 0.29) is 17.2 Å². The maximum absolute atomic E-state index is 12.1. The molecule has 1 amide bonds. The Balaban J connectivity index is 1.82. The molecule has 2 N–H and O–H groups in total. The lowest BCUT2D eigenvalue weighted by atomic mass is 10.1. The van der Waals surface area contributed by atoms with Gasteiger partial charge in [0.05, 0.1) is 24.3 Å². The molecule has 1 aliphatic rings. The summed E-state index contributed by atoms with van der Waals surface area (Å²) in [4.78, 5) is 31.9. The predicted molar refractivity (Wildman–Crippen MR) is 61.9 cm³/mol. The molecule has 1 aliphatic heterocycles. The molecule has 0 spiro atoms. The fraction of sp³-hybridized carbons (Fsp3) is 0.273. The van der Waals surface area contributed by atoms with E-state index in [1.165, 1.54) is 12.1 Å². The zero-order valence-electron chi connectivity index (χ0n) is 9.51. The number of hydrogen-bond acceptors (Lipinski definition) is 4. The van der Waals surface area contributed by atoms with Gasteiger partial charge in [-0.05, 0) is 6.07 Å². The third-order valence-corrected chi connectivity index (χ3v) is 2.96. The van der Waals surface area contributed by atoms with E-state index in [0.29, 0.717) is 13.1 Å². The van der Waals surface area contributed by atoms with Crippen LogP contribution < -0.4 is 5.56 Å². The van der Waals surface area contributed by atoms with Gasteiger partial charge in [0.15, 0.2) is 0 Å². The van der Waals surface area contributed by atoms with Crippen LogP contribution in [0.15, 0.2) is 23.3 Å². The van der Waals surface area contributed by atoms with Gasteiger partial charge in [-0.25, -0.2) is 10.1 Å². The minimum atomic E-state index is -0.318. The van der Waals surface area contributed by atoms with Crippen molar-refractivity contribution in [2.45, 2.75) is 13.0 Å². The standard InChI is InChI=1S/C11H11N5O2/c17-10-2-1-8(14-15-10)11(18)16-4-3-7-9(5-16)13-6-12-7/h1-2,6H,3-5H2,(H,12,13)(H,15,17). The van der Waals surface area contributed by atoms with Crippen LogP contribution in [-0.4, -0.2) is 37.5 Å². The van der Waals surface area contributed by atoms with Crippen LogP contribution in [0.1, 0.15) is 21.9 Å². The third-order valence-electron chi connectivity index (χ3n) is 2.96. The summed E-state index contributed by atoms with van der Waals surface area (Å²) in [5.41, 5.74) is 1.89. The van der Waals surface area contributed by atoms with Gasteiger partial charge in [0.1, 0.15) is 5.69 Å². The molecule has 0 radical (unpaired) electrons. The Labute approximate surface area is 102 Å². The van der Waals surface area contributed by atoms with Crippen molar-refractivity contribution in [1.29, 1.82) is 0 Å². The molecule has 0 saturated carbocycles. The first kappa shape index (κ1) is 10.7. The molecular weight excluding hydrogens is 234 g/mol. The van der Waals surface area contributed by atoms with Crippen molar-refractivity contribution < 1.29 is 4.79 Å². The molecule has 18 heavy (non-hydrogen) atoms. The zero-order valence-corrected chi connectivity index (χ0v) is 9.51. The molecule has 7 nitrogen and oxygen atoms in total. The van der Waals surface area contributed by atoms with E-state index >= 15 is 0 Å². The van der Waals surface area contributed by atoms with Crippen LogP contribution in [-0.2, 0) is 13.0 Å². The van der Waals surface area contributed by atoms with E-state index in [1.54, 1.807) is 11.2 Å². The van der Waals surface area contributed by atoms with Gasteiger partial charge < -0.3 is 9.88 Å². The number of carbonyl (C=O) groups is 1. The molecule has 0 unspecified atom stereocenters. The number of rotatable bonds is 1. The zero-order chi connectivity index (χ0) is 12.5. The van der Waals surface area contributed by atoms with E-state index in [2.05, 4.69) is 20.2 Å². The van der Waals surface area contributed by atoms with Crippen LogP contribution in [0, 0.1) is 0 Å². The summed E-state index contributed by atoms with van der Waals surface area (Å²) in [6.45, 7) is 1.10. The second-order valence-electron chi connectivity index (χ2n) is 4.11. The Morgan fingerprint density at radius 2 is 2.28 bits per heavy atom. The van der Waals surface area contributed by atoms with Crippen molar-refractivity contribution in [2.75, 3.05) is 6.54 Å². The second kappa shape index (κ2) is 4.10. The van der Waals surface area contributed by atoms with Crippen LogP contribution in [0.2, 0.25) is 0 Å². The van der Waals surface area contributed by atoms with Crippen molar-refractivity contribution >= 4 is 5.91 Å². The molecule has 3 rings (SSSR count). The van der Waals surface area contributed by atoms with E-state index in [9.17, 15) is 9.59 Å². The fourth-order valence-corrected chi connectivity index (χ4v) is 2.01. The minimum absolute atomic E-state index is 0.188. The molecule has 7 heteroatoms. The maximum Gasteiger partial charge on any atom is 0.274 e. The number of fused-ring (bicyclic) bond motifs is 1. The van der Waals surface area contributed by atoms with Crippen LogP contribution in [0.5, 0.6) is 0 Å². The number of nitrogens with zero attached hydrogens (tertiary/aromatic N) is 3. The van der Waals surface area contributed by atoms with Gasteiger partial charge >= 0.3 is 0 Å². The average Bonchev–Trinajstić information content (AvgIpc) is 2.86. The smallest absolute Gasteiger partial charge is 0.274 e. The number of aromatic amines is 2. The van der Waals surface area contributed by atoms with Crippen molar-refractivity contribution in [3.63, 3.8) is 0 Å². The lowest BCUT2D eigenvalue weighted by molar-refractivity contribution is 0.0724. The molecule has 2 aromatic heterocycles. The van der Waals surface area contributed by atoms with Gasteiger partial charge in [-0.2, -0.15) is 5.10 Å². The van der Waals surface area contributed by atoms with Crippen LogP contribution in [0.4, 0.5) is 0 Å². The van der Waals surface area contributed by atoms with Gasteiger partial charge in [-0.3, -0.25) is 9.59 Å². The lowest BCUT2D eigenvalue weighted by Crippen LogP contribution is -2.36. The third kappa shape index (κ3) is 1.79. The number of carbonyl (C=O) groups excluding carboxylic acids is 1. The highest BCUT2D eigenvalue weighted by atomic mass is 16.2. The molecular formula is C11H11N5O2. The Hall–Kier alpha value is -2.44. The summed E-state index contributed by atoms with van der Waals surface area (Å²) >= 11 is 0. The highest BCUT2D eigenvalue weighted by Crippen LogP contribution is 2.16. The highest BCUT2D eigenvalue weighted by Gasteiger charge is 2.24. The average molecular weight is 245 g/mol. The van der Waals surface area contributed by atoms with Crippen LogP contribution in [0.25, 0.3) is 0 Å². The number of imidazole rings is 1. The minimum Gasteiger partial charge on any atom is -0.347 e. The maximum atomic E-state index is 12.1. The summed E-state index contributed by atoms with van der Waals surface area (Å²) in [7, 11) is 0. The quantitative estimate of drug-likeness (QED) is 0.720. The first-order chi connectivity index (χ1) is 8.74. The number of H-pyrrole nitrogens is 2. The number of amides is 1. The second-order valence-corrected chi connectivity index (χ2v) is 4.11. The summed E-state index contributed by atoms with van der Waals surface area (Å²) < 4.78 is 0. The predicted octanol–water partition coefficient (Wildman–Crippen LogP) is -0.309. The normalized spacial score (nSPS) is 14.3. The first-order valence-corrected chi connectivity index (χ1v) is 5.60. The van der Waals surface area contributed by atoms with Gasteiger partial charge in [0.25, 0.3) is 11.5 Å². The van der Waals surface area contributed by atoms with E-state index in [4.69, 9.17) is 0 Å². The molecule has 3 heterocycles. The Bertz CT molecular complexity index is 624. The summed E-state index contributed by atoms with van der Waals surface area (Å²) in [5, 5.41) is 6.00. The van der Waals surface area contributed by atoms with Crippen molar-refractivity contribution in [3.05, 3.63) is 45.9 Å². The van der Waals surface area contributed by atoms with Crippen molar-refractivity contribution in [2.24, 2.45) is 0 Å². The Morgan fingerprint density at radius 3 is 3.06 bits per heavy atom. The number of hydrogen-bond donors (Lipinski definition) is 2. The van der Waals surface area contributed by atoms with Crippen molar-refractivity contribution in [1.82, 2.24) is 25.1 Å². The molecule has 0 aromatic carbocycles. The first-order valence-electron chi connectivity index (χ1n) is 5.60. The molecule has 0 atom stereocenters. The molecule has 92 valence electrons. The van der Waals surface area contributed by atoms with Crippen LogP contribution >= 0.6 is 0 Å². The molecule has 0 aliphatic carbocycles. The van der Waals surface area contributed by atoms with Crippen molar-refractivity contribution in [3.8, 4) is 0 Å². The Kier molecular flexibility index (Phi) is 2.44. The van der Waals surface area contributed by atoms with E-state index < -0.39 is 0 Å². The summed E-state index contributed by atoms with van der Waals surface area (Å²) in [6, 6.07) is 2.73. The SMILES string of the molecule is O=C(c1ccc(=O)[nH]n1)N1CCc2nc[nH]c2C1. The van der Waals surface area contributed by atoms with Gasteiger partial charge in [0, 0.05) is 19.0 Å². The van der Waals surface area contributed by atoms with Gasteiger partial charge in [0.2, 0.25) is 0 Å². The fourth-order valence-electron chi connectivity index (χ4n) is 2.01. The molecule has 0 bridgehead atoms. The Morgan fingerprint density at radius 1 is 1.39 bits per heavy atom. The van der Waals surface area contributed by atoms with Crippen LogP contribution in [0.3, 0.4) is 0 Å². The monoisotopic (exact) mass is 245 g/mol. The highest BCUT2D eigenvalue weighted by molar-refractivity contribution is 5.92. The number of aromatic nitrogens is 4. The van der Waals surface area contributed by atoms with E-state index in [0.717, 1.165) is 17.8 Å². The summed E-state index contributed by atoms with van der Waals surface area (Å²) in [6.07, 6.45) is 2.37. The molecule has 0 fully saturated rings. The lowest BCUT2D eigenvalue weighted by Gasteiger charge is -2.25. The van der Waals surface area contributed by atoms with Gasteiger partial charge in [-0.15, -0.1) is 0 Å². The summed E-state index contributed by atoms with van der Waals surface area (Å²) in [5.74, 6) is -0.188. The topological polar surface area (TPSA) is 94.7 Å². The van der Waals surface area contributed by atoms with Gasteiger partial charge in [-0.1, -0.05) is 0 Å². The van der Waals surface area contributed by atoms with E-state index in [1.807, 2.05) is 0 Å². The largest absolute Gasteiger partial charge is 0.347 e. The number of nitrogens with one attached hydrogen (secondary N) is 2.